The molecular formula is C11H11NO3. The second kappa shape index (κ2) is 3.73. The Labute approximate surface area is 87.0 Å². The molecule has 1 aliphatic rings. The number of aryl methyl sites for hydroxylation is 1. The van der Waals surface area contributed by atoms with E-state index in [1.807, 2.05) is 0 Å². The molecule has 1 aliphatic heterocycles. The van der Waals surface area contributed by atoms with Crippen LogP contribution in [0.15, 0.2) is 18.2 Å². The van der Waals surface area contributed by atoms with Crippen LogP contribution in [0.2, 0.25) is 0 Å². The summed E-state index contributed by atoms with van der Waals surface area (Å²) in [6, 6.07) is 4.96. The zero-order valence-electron chi connectivity index (χ0n) is 8.16. The van der Waals surface area contributed by atoms with Crippen LogP contribution in [0.1, 0.15) is 22.3 Å². The zero-order valence-corrected chi connectivity index (χ0v) is 8.16. The number of ether oxygens (including phenoxy) is 1. The van der Waals surface area contributed by atoms with Gasteiger partial charge in [-0.2, -0.15) is 0 Å². The Bertz CT molecular complexity index is 426. The molecule has 0 unspecified atom stereocenters. The maximum Gasteiger partial charge on any atom is 0.289 e. The Morgan fingerprint density at radius 2 is 2.13 bits per heavy atom. The monoisotopic (exact) mass is 205 g/mol. The molecule has 1 amide bonds. The molecule has 0 fully saturated rings. The van der Waals surface area contributed by atoms with E-state index in [2.05, 4.69) is 0 Å². The quantitative estimate of drug-likeness (QED) is 0.570. The zero-order chi connectivity index (χ0) is 10.8. The Morgan fingerprint density at radius 3 is 2.87 bits per heavy atom. The van der Waals surface area contributed by atoms with E-state index in [4.69, 9.17) is 10.5 Å². The minimum atomic E-state index is -0.924. The standard InChI is InChI=1S/C11H11NO3/c12-11(14)10(13)8-3-4-9-7(6-8)2-1-5-15-9/h3-4,6H,1-2,5H2,(H2,12,14). The van der Waals surface area contributed by atoms with Crippen LogP contribution in [0.3, 0.4) is 0 Å². The second-order valence-electron chi connectivity index (χ2n) is 3.47. The van der Waals surface area contributed by atoms with Crippen molar-refractivity contribution in [2.45, 2.75) is 12.8 Å². The molecule has 78 valence electrons. The summed E-state index contributed by atoms with van der Waals surface area (Å²) in [5.74, 6) is -0.780. The Balaban J connectivity index is 2.36. The van der Waals surface area contributed by atoms with E-state index in [0.717, 1.165) is 24.2 Å². The molecule has 0 radical (unpaired) electrons. The molecule has 4 heteroatoms. The van der Waals surface area contributed by atoms with Crippen molar-refractivity contribution in [1.29, 1.82) is 0 Å². The number of amides is 1. The molecule has 4 nitrogen and oxygen atoms in total. The van der Waals surface area contributed by atoms with Crippen LogP contribution in [-0.2, 0) is 11.2 Å². The summed E-state index contributed by atoms with van der Waals surface area (Å²) in [4.78, 5) is 22.0. The summed E-state index contributed by atoms with van der Waals surface area (Å²) in [5, 5.41) is 0. The predicted octanol–water partition coefficient (Wildman–Crippen LogP) is 0.680. The number of hydrogen-bond acceptors (Lipinski definition) is 3. The van der Waals surface area contributed by atoms with Gasteiger partial charge in [-0.05, 0) is 36.6 Å². The normalized spacial score (nSPS) is 13.9. The van der Waals surface area contributed by atoms with E-state index in [0.29, 0.717) is 12.2 Å². The number of rotatable bonds is 2. The van der Waals surface area contributed by atoms with Gasteiger partial charge in [0.25, 0.3) is 5.91 Å². The number of primary amides is 1. The maximum atomic E-state index is 11.3. The maximum absolute atomic E-state index is 11.3. The lowest BCUT2D eigenvalue weighted by Gasteiger charge is -2.17. The minimum absolute atomic E-state index is 0.340. The van der Waals surface area contributed by atoms with Crippen molar-refractivity contribution in [2.75, 3.05) is 6.61 Å². The van der Waals surface area contributed by atoms with Gasteiger partial charge >= 0.3 is 0 Å². The lowest BCUT2D eigenvalue weighted by molar-refractivity contribution is -0.114. The summed E-state index contributed by atoms with van der Waals surface area (Å²) >= 11 is 0. The van der Waals surface area contributed by atoms with E-state index < -0.39 is 11.7 Å². The van der Waals surface area contributed by atoms with Gasteiger partial charge in [0.05, 0.1) is 6.61 Å². The molecule has 0 saturated heterocycles. The molecular weight excluding hydrogens is 194 g/mol. The first-order valence-corrected chi connectivity index (χ1v) is 4.78. The highest BCUT2D eigenvalue weighted by Gasteiger charge is 2.16. The number of benzene rings is 1. The largest absolute Gasteiger partial charge is 0.493 e. The lowest BCUT2D eigenvalue weighted by Crippen LogP contribution is -2.23. The van der Waals surface area contributed by atoms with E-state index in [9.17, 15) is 9.59 Å². The van der Waals surface area contributed by atoms with Gasteiger partial charge in [0.15, 0.2) is 0 Å². The predicted molar refractivity (Wildman–Crippen MR) is 53.8 cm³/mol. The third kappa shape index (κ3) is 1.83. The lowest BCUT2D eigenvalue weighted by atomic mass is 10.0. The van der Waals surface area contributed by atoms with Gasteiger partial charge in [0.2, 0.25) is 5.78 Å². The average molecular weight is 205 g/mol. The van der Waals surface area contributed by atoms with Crippen molar-refractivity contribution >= 4 is 11.7 Å². The van der Waals surface area contributed by atoms with Crippen LogP contribution in [0, 0.1) is 0 Å². The van der Waals surface area contributed by atoms with Crippen LogP contribution in [0.25, 0.3) is 0 Å². The van der Waals surface area contributed by atoms with Crippen molar-refractivity contribution < 1.29 is 14.3 Å². The number of carbonyl (C=O) groups is 2. The molecule has 0 aromatic heterocycles. The third-order valence-electron chi connectivity index (χ3n) is 2.39. The van der Waals surface area contributed by atoms with Crippen molar-refractivity contribution in [3.05, 3.63) is 29.3 Å². The molecule has 0 aliphatic carbocycles. The molecule has 1 heterocycles. The molecule has 15 heavy (non-hydrogen) atoms. The number of nitrogens with two attached hydrogens (primary N) is 1. The topological polar surface area (TPSA) is 69.4 Å². The van der Waals surface area contributed by atoms with Crippen LogP contribution < -0.4 is 10.5 Å². The van der Waals surface area contributed by atoms with Gasteiger partial charge in [-0.1, -0.05) is 0 Å². The number of fused-ring (bicyclic) bond motifs is 1. The van der Waals surface area contributed by atoms with Gasteiger partial charge in [0, 0.05) is 5.56 Å². The first kappa shape index (κ1) is 9.71. The Morgan fingerprint density at radius 1 is 1.33 bits per heavy atom. The van der Waals surface area contributed by atoms with Crippen molar-refractivity contribution in [1.82, 2.24) is 0 Å². The summed E-state index contributed by atoms with van der Waals surface area (Å²) in [6.45, 7) is 0.704. The molecule has 2 N–H and O–H groups in total. The van der Waals surface area contributed by atoms with Gasteiger partial charge in [-0.3, -0.25) is 9.59 Å². The summed E-state index contributed by atoms with van der Waals surface area (Å²) in [5.41, 5.74) is 6.23. The van der Waals surface area contributed by atoms with Crippen molar-refractivity contribution in [2.24, 2.45) is 5.73 Å². The molecule has 0 atom stereocenters. The molecule has 0 saturated carbocycles. The van der Waals surface area contributed by atoms with Gasteiger partial charge in [0.1, 0.15) is 5.75 Å². The summed E-state index contributed by atoms with van der Waals surface area (Å²) < 4.78 is 5.39. The van der Waals surface area contributed by atoms with E-state index in [1.165, 1.54) is 0 Å². The average Bonchev–Trinajstić information content (AvgIpc) is 2.27. The summed E-state index contributed by atoms with van der Waals surface area (Å²) in [7, 11) is 0. The van der Waals surface area contributed by atoms with E-state index in [1.54, 1.807) is 18.2 Å². The molecule has 1 aromatic carbocycles. The molecule has 0 bridgehead atoms. The number of carbonyl (C=O) groups excluding carboxylic acids is 2. The highest BCUT2D eigenvalue weighted by atomic mass is 16.5. The smallest absolute Gasteiger partial charge is 0.289 e. The SMILES string of the molecule is NC(=O)C(=O)c1ccc2c(c1)CCCO2. The van der Waals surface area contributed by atoms with Crippen LogP contribution in [0.5, 0.6) is 5.75 Å². The number of Topliss-reactive ketones (excluding diaryl/α,β-unsaturated/α-hetero) is 1. The minimum Gasteiger partial charge on any atom is -0.493 e. The van der Waals surface area contributed by atoms with Crippen LogP contribution >= 0.6 is 0 Å². The van der Waals surface area contributed by atoms with Gasteiger partial charge in [-0.15, -0.1) is 0 Å². The first-order valence-electron chi connectivity index (χ1n) is 4.78. The fourth-order valence-electron chi connectivity index (χ4n) is 1.64. The van der Waals surface area contributed by atoms with Crippen LogP contribution in [-0.4, -0.2) is 18.3 Å². The van der Waals surface area contributed by atoms with E-state index >= 15 is 0 Å². The highest BCUT2D eigenvalue weighted by Crippen LogP contribution is 2.25. The molecule has 1 aromatic rings. The highest BCUT2D eigenvalue weighted by molar-refractivity contribution is 6.42. The van der Waals surface area contributed by atoms with Gasteiger partial charge < -0.3 is 10.5 Å². The fourth-order valence-corrected chi connectivity index (χ4v) is 1.64. The fraction of sp³-hybridized carbons (Fsp3) is 0.273. The van der Waals surface area contributed by atoms with Crippen molar-refractivity contribution in [3.8, 4) is 5.75 Å². The Kier molecular flexibility index (Phi) is 2.41. The first-order chi connectivity index (χ1) is 7.18. The molecule has 0 spiro atoms. The van der Waals surface area contributed by atoms with Crippen molar-refractivity contribution in [3.63, 3.8) is 0 Å². The Hall–Kier alpha value is -1.84. The second-order valence-corrected chi connectivity index (χ2v) is 3.47. The van der Waals surface area contributed by atoms with E-state index in [-0.39, 0.29) is 0 Å². The number of hydrogen-bond donors (Lipinski definition) is 1. The third-order valence-corrected chi connectivity index (χ3v) is 2.39. The summed E-state index contributed by atoms with van der Waals surface area (Å²) in [6.07, 6.45) is 1.80. The molecule has 2 rings (SSSR count). The van der Waals surface area contributed by atoms with Gasteiger partial charge in [-0.25, -0.2) is 0 Å². The number of ketones is 1. The van der Waals surface area contributed by atoms with Crippen LogP contribution in [0.4, 0.5) is 0 Å².